The van der Waals surface area contributed by atoms with Crippen LogP contribution in [0.2, 0.25) is 0 Å². The molecule has 0 fully saturated rings. The first-order valence-electron chi connectivity index (χ1n) is 7.43. The van der Waals surface area contributed by atoms with Crippen LogP contribution in [0.4, 0.5) is 13.2 Å². The van der Waals surface area contributed by atoms with Crippen LogP contribution in [0, 0.1) is 0 Å². The number of carbonyl (C=O) groups is 2. The van der Waals surface area contributed by atoms with Crippen molar-refractivity contribution in [3.8, 4) is 0 Å². The molecule has 0 bridgehead atoms. The number of carbonyl (C=O) groups excluding carboxylic acids is 2. The normalized spacial score (nSPS) is 12.1. The SMILES string of the molecule is CC(C)(C)OC(=O)CNC(=O)c1ccnc2ccc(C(F)(F)F)cc12. The summed E-state index contributed by atoms with van der Waals surface area (Å²) in [5, 5.41) is 2.40. The molecule has 0 unspecified atom stereocenters. The summed E-state index contributed by atoms with van der Waals surface area (Å²) in [5.74, 6) is -1.33. The van der Waals surface area contributed by atoms with Crippen LogP contribution in [-0.2, 0) is 15.7 Å². The van der Waals surface area contributed by atoms with Gasteiger partial charge in [0.1, 0.15) is 12.1 Å². The first kappa shape index (κ1) is 18.7. The molecule has 0 atom stereocenters. The highest BCUT2D eigenvalue weighted by atomic mass is 19.4. The molecule has 134 valence electrons. The quantitative estimate of drug-likeness (QED) is 0.859. The van der Waals surface area contributed by atoms with Gasteiger partial charge in [-0.25, -0.2) is 0 Å². The van der Waals surface area contributed by atoms with Crippen LogP contribution in [-0.4, -0.2) is 29.0 Å². The number of esters is 1. The standard InChI is InChI=1S/C17H17F3N2O3/c1-16(2,3)25-14(23)9-22-15(24)11-6-7-21-13-5-4-10(8-12(11)13)17(18,19)20/h4-8H,9H2,1-3H3,(H,22,24). The first-order chi connectivity index (χ1) is 11.5. The maximum atomic E-state index is 12.9. The highest BCUT2D eigenvalue weighted by molar-refractivity contribution is 6.06. The zero-order valence-electron chi connectivity index (χ0n) is 13.9. The molecular formula is C17H17F3N2O3. The van der Waals surface area contributed by atoms with Gasteiger partial charge in [0.15, 0.2) is 0 Å². The van der Waals surface area contributed by atoms with Crippen LogP contribution in [0.15, 0.2) is 30.5 Å². The van der Waals surface area contributed by atoms with Gasteiger partial charge in [-0.2, -0.15) is 13.2 Å². The summed E-state index contributed by atoms with van der Waals surface area (Å²) in [6.45, 7) is 4.66. The number of amides is 1. The van der Waals surface area contributed by atoms with E-state index in [-0.39, 0.29) is 23.0 Å². The lowest BCUT2D eigenvalue weighted by Gasteiger charge is -2.19. The second-order valence-corrected chi connectivity index (χ2v) is 6.36. The Labute approximate surface area is 142 Å². The van der Waals surface area contributed by atoms with E-state index in [0.29, 0.717) is 0 Å². The van der Waals surface area contributed by atoms with Crippen LogP contribution in [0.1, 0.15) is 36.7 Å². The Hall–Kier alpha value is -2.64. The average molecular weight is 354 g/mol. The average Bonchev–Trinajstić information content (AvgIpc) is 2.49. The minimum Gasteiger partial charge on any atom is -0.459 e. The third-order valence-corrected chi connectivity index (χ3v) is 3.13. The maximum absolute atomic E-state index is 12.9. The van der Waals surface area contributed by atoms with E-state index in [2.05, 4.69) is 10.3 Å². The zero-order valence-corrected chi connectivity index (χ0v) is 13.9. The number of nitrogens with one attached hydrogen (secondary N) is 1. The van der Waals surface area contributed by atoms with Gasteiger partial charge in [0.05, 0.1) is 16.6 Å². The summed E-state index contributed by atoms with van der Waals surface area (Å²) < 4.78 is 43.7. The van der Waals surface area contributed by atoms with Gasteiger partial charge < -0.3 is 10.1 Å². The molecule has 1 heterocycles. The topological polar surface area (TPSA) is 68.3 Å². The largest absolute Gasteiger partial charge is 0.459 e. The molecule has 1 amide bonds. The van der Waals surface area contributed by atoms with E-state index in [1.54, 1.807) is 20.8 Å². The smallest absolute Gasteiger partial charge is 0.416 e. The molecule has 25 heavy (non-hydrogen) atoms. The van der Waals surface area contributed by atoms with Gasteiger partial charge in [0, 0.05) is 11.6 Å². The van der Waals surface area contributed by atoms with Gasteiger partial charge in [0.2, 0.25) is 0 Å². The Morgan fingerprint density at radius 3 is 2.44 bits per heavy atom. The third-order valence-electron chi connectivity index (χ3n) is 3.13. The number of hydrogen-bond acceptors (Lipinski definition) is 4. The fourth-order valence-electron chi connectivity index (χ4n) is 2.15. The van der Waals surface area contributed by atoms with Crippen molar-refractivity contribution in [3.63, 3.8) is 0 Å². The predicted octanol–water partition coefficient (Wildman–Crippen LogP) is 3.33. The molecule has 1 N–H and O–H groups in total. The lowest BCUT2D eigenvalue weighted by molar-refractivity contribution is -0.153. The molecule has 1 aromatic heterocycles. The van der Waals surface area contributed by atoms with Crippen LogP contribution < -0.4 is 5.32 Å². The minimum atomic E-state index is -4.53. The molecular weight excluding hydrogens is 337 g/mol. The van der Waals surface area contributed by atoms with Crippen LogP contribution in [0.25, 0.3) is 10.9 Å². The van der Waals surface area contributed by atoms with Gasteiger partial charge in [0.25, 0.3) is 5.91 Å². The Kier molecular flexibility index (Phi) is 5.01. The fraction of sp³-hybridized carbons (Fsp3) is 0.353. The molecule has 0 spiro atoms. The Bertz CT molecular complexity index is 811. The number of fused-ring (bicyclic) bond motifs is 1. The highest BCUT2D eigenvalue weighted by Gasteiger charge is 2.31. The van der Waals surface area contributed by atoms with Crippen molar-refractivity contribution in [2.24, 2.45) is 0 Å². The molecule has 5 nitrogen and oxygen atoms in total. The van der Waals surface area contributed by atoms with E-state index in [4.69, 9.17) is 4.74 Å². The molecule has 0 saturated heterocycles. The number of nitrogens with zero attached hydrogens (tertiary/aromatic N) is 1. The zero-order chi connectivity index (χ0) is 18.8. The Morgan fingerprint density at radius 1 is 1.16 bits per heavy atom. The van der Waals surface area contributed by atoms with E-state index in [1.165, 1.54) is 18.3 Å². The maximum Gasteiger partial charge on any atom is 0.416 e. The molecule has 8 heteroatoms. The highest BCUT2D eigenvalue weighted by Crippen LogP contribution is 2.31. The van der Waals surface area contributed by atoms with Crippen LogP contribution in [0.5, 0.6) is 0 Å². The molecule has 2 rings (SSSR count). The van der Waals surface area contributed by atoms with Crippen LogP contribution >= 0.6 is 0 Å². The molecule has 2 aromatic rings. The molecule has 0 aliphatic heterocycles. The lowest BCUT2D eigenvalue weighted by atomic mass is 10.1. The van der Waals surface area contributed by atoms with Crippen molar-refractivity contribution >= 4 is 22.8 Å². The molecule has 1 aromatic carbocycles. The van der Waals surface area contributed by atoms with E-state index < -0.39 is 29.2 Å². The predicted molar refractivity (Wildman–Crippen MR) is 84.9 cm³/mol. The van der Waals surface area contributed by atoms with Gasteiger partial charge in [-0.15, -0.1) is 0 Å². The second kappa shape index (κ2) is 6.70. The number of pyridine rings is 1. The van der Waals surface area contributed by atoms with Gasteiger partial charge in [-0.1, -0.05) is 0 Å². The number of halogens is 3. The third kappa shape index (κ3) is 4.91. The second-order valence-electron chi connectivity index (χ2n) is 6.36. The van der Waals surface area contributed by atoms with Crippen molar-refractivity contribution in [2.75, 3.05) is 6.54 Å². The van der Waals surface area contributed by atoms with E-state index in [1.807, 2.05) is 0 Å². The summed E-state index contributed by atoms with van der Waals surface area (Å²) in [4.78, 5) is 27.9. The Morgan fingerprint density at radius 2 is 1.84 bits per heavy atom. The van der Waals surface area contributed by atoms with Gasteiger partial charge in [-0.05, 0) is 45.0 Å². The Balaban J connectivity index is 2.24. The van der Waals surface area contributed by atoms with Crippen molar-refractivity contribution in [3.05, 3.63) is 41.6 Å². The number of ether oxygens (including phenoxy) is 1. The summed E-state index contributed by atoms with van der Waals surface area (Å²) in [7, 11) is 0. The number of benzene rings is 1. The minimum absolute atomic E-state index is 0.000316. The molecule has 0 aliphatic rings. The van der Waals surface area contributed by atoms with Gasteiger partial charge >= 0.3 is 12.1 Å². The summed E-state index contributed by atoms with van der Waals surface area (Å²) in [5.41, 5.74) is -1.33. The van der Waals surface area contributed by atoms with Crippen molar-refractivity contribution in [1.82, 2.24) is 10.3 Å². The van der Waals surface area contributed by atoms with Crippen molar-refractivity contribution in [2.45, 2.75) is 32.5 Å². The molecule has 0 aliphatic carbocycles. The van der Waals surface area contributed by atoms with E-state index in [9.17, 15) is 22.8 Å². The summed E-state index contributed by atoms with van der Waals surface area (Å²) in [6, 6.07) is 4.26. The van der Waals surface area contributed by atoms with Crippen molar-refractivity contribution < 1.29 is 27.5 Å². The lowest BCUT2D eigenvalue weighted by Crippen LogP contribution is -2.34. The van der Waals surface area contributed by atoms with E-state index in [0.717, 1.165) is 12.1 Å². The number of rotatable bonds is 3. The van der Waals surface area contributed by atoms with Crippen LogP contribution in [0.3, 0.4) is 0 Å². The number of aromatic nitrogens is 1. The van der Waals surface area contributed by atoms with Gasteiger partial charge in [-0.3, -0.25) is 14.6 Å². The van der Waals surface area contributed by atoms with Crippen molar-refractivity contribution in [1.29, 1.82) is 0 Å². The summed E-state index contributed by atoms with van der Waals surface area (Å²) >= 11 is 0. The first-order valence-corrected chi connectivity index (χ1v) is 7.43. The monoisotopic (exact) mass is 354 g/mol. The fourth-order valence-corrected chi connectivity index (χ4v) is 2.15. The number of alkyl halides is 3. The molecule has 0 saturated carbocycles. The molecule has 0 radical (unpaired) electrons. The number of hydrogen-bond donors (Lipinski definition) is 1. The summed E-state index contributed by atoms with van der Waals surface area (Å²) in [6.07, 6.45) is -3.22. The van der Waals surface area contributed by atoms with E-state index >= 15 is 0 Å².